The number of aryl methyl sites for hydroxylation is 1. The fourth-order valence-corrected chi connectivity index (χ4v) is 6.69. The molecular formula is C35H52FN5O5S. The number of aromatic nitrogens is 1. The van der Waals surface area contributed by atoms with Crippen LogP contribution in [-0.2, 0) is 20.9 Å². The van der Waals surface area contributed by atoms with E-state index in [9.17, 15) is 23.9 Å². The highest BCUT2D eigenvalue weighted by molar-refractivity contribution is 7.13. The fraction of sp³-hybridized carbons (Fsp3) is 0.657. The summed E-state index contributed by atoms with van der Waals surface area (Å²) < 4.78 is 20.8. The normalized spacial score (nSPS) is 19.3. The van der Waals surface area contributed by atoms with Gasteiger partial charge in [-0.15, -0.1) is 11.3 Å². The summed E-state index contributed by atoms with van der Waals surface area (Å²) in [6.45, 7) is 8.70. The minimum absolute atomic E-state index is 0.0512. The van der Waals surface area contributed by atoms with Gasteiger partial charge >= 0.3 is 0 Å². The Balaban J connectivity index is 1.41. The number of amides is 3. The standard InChI is InChI=1S/C35H52FN5O5S/c1-23-29(47-22-39-23)24-12-13-25(28(18-24)46-17-11-9-7-5-6-8-10-16-37)20-38-31(43)27-19-26(42)21-41(27)32(44)30(34(2,3)4)40-33(45)35(36)14-15-35/h12-13,18,22,26-27,30,42H,5-11,14-17,19-21,37H2,1-4H3,(H,38,43)(H,40,45)/t26?,27?,30-/m1/s1. The largest absolute Gasteiger partial charge is 0.493 e. The number of hydrogen-bond acceptors (Lipinski definition) is 8. The molecule has 12 heteroatoms. The zero-order valence-corrected chi connectivity index (χ0v) is 29.1. The molecule has 47 heavy (non-hydrogen) atoms. The van der Waals surface area contributed by atoms with Crippen LogP contribution in [0.1, 0.15) is 96.2 Å². The number of halogens is 1. The fourth-order valence-electron chi connectivity index (χ4n) is 5.89. The number of aliphatic hydroxyl groups excluding tert-OH is 1. The van der Waals surface area contributed by atoms with Crippen LogP contribution in [0.2, 0.25) is 0 Å². The minimum atomic E-state index is -1.94. The second-order valence-corrected chi connectivity index (χ2v) is 14.9. The van der Waals surface area contributed by atoms with Crippen LogP contribution in [-0.4, -0.2) is 76.3 Å². The Morgan fingerprint density at radius 3 is 2.45 bits per heavy atom. The SMILES string of the molecule is Cc1ncsc1-c1ccc(CNC(=O)C2CC(O)CN2C(=O)[C@@H](NC(=O)C2(F)CC2)C(C)(C)C)c(OCCCCCCCCCN)c1. The first-order valence-electron chi connectivity index (χ1n) is 17.0. The van der Waals surface area contributed by atoms with Crippen LogP contribution in [0.4, 0.5) is 4.39 Å². The predicted octanol–water partition coefficient (Wildman–Crippen LogP) is 4.80. The van der Waals surface area contributed by atoms with Gasteiger partial charge in [0.15, 0.2) is 5.67 Å². The molecule has 2 unspecified atom stereocenters. The van der Waals surface area contributed by atoms with Gasteiger partial charge in [0, 0.05) is 25.1 Å². The molecule has 1 saturated heterocycles. The van der Waals surface area contributed by atoms with Crippen molar-refractivity contribution >= 4 is 29.1 Å². The van der Waals surface area contributed by atoms with Crippen LogP contribution in [0.3, 0.4) is 0 Å². The van der Waals surface area contributed by atoms with E-state index in [1.165, 1.54) is 24.2 Å². The smallest absolute Gasteiger partial charge is 0.258 e. The predicted molar refractivity (Wildman–Crippen MR) is 182 cm³/mol. The third-order valence-corrected chi connectivity index (χ3v) is 9.96. The third-order valence-electron chi connectivity index (χ3n) is 8.98. The molecule has 3 atom stereocenters. The molecule has 3 amide bonds. The number of benzene rings is 1. The van der Waals surface area contributed by atoms with Crippen molar-refractivity contribution in [2.24, 2.45) is 11.1 Å². The molecular weight excluding hydrogens is 621 g/mol. The van der Waals surface area contributed by atoms with Gasteiger partial charge in [-0.3, -0.25) is 14.4 Å². The number of likely N-dealkylation sites (tertiary alicyclic amines) is 1. The number of nitrogens with zero attached hydrogens (tertiary/aromatic N) is 2. The maximum atomic E-state index is 14.5. The van der Waals surface area contributed by atoms with E-state index in [-0.39, 0.29) is 32.4 Å². The lowest BCUT2D eigenvalue weighted by molar-refractivity contribution is -0.145. The number of nitrogens with one attached hydrogen (secondary N) is 2. The van der Waals surface area contributed by atoms with Crippen LogP contribution in [0.25, 0.3) is 10.4 Å². The van der Waals surface area contributed by atoms with Crippen LogP contribution in [0, 0.1) is 12.3 Å². The lowest BCUT2D eigenvalue weighted by Crippen LogP contribution is -2.59. The molecule has 4 rings (SSSR count). The summed E-state index contributed by atoms with van der Waals surface area (Å²) in [5.74, 6) is -1.06. The van der Waals surface area contributed by atoms with Gasteiger partial charge in [-0.2, -0.15) is 0 Å². The molecule has 10 nitrogen and oxygen atoms in total. The van der Waals surface area contributed by atoms with Crippen LogP contribution in [0.5, 0.6) is 5.75 Å². The number of carbonyl (C=O) groups excluding carboxylic acids is 3. The zero-order chi connectivity index (χ0) is 34.2. The first-order chi connectivity index (χ1) is 22.3. The molecule has 2 aliphatic rings. The van der Waals surface area contributed by atoms with Crippen molar-refractivity contribution in [3.63, 3.8) is 0 Å². The number of thiazole rings is 1. The molecule has 2 aromatic rings. The lowest BCUT2D eigenvalue weighted by atomic mass is 9.85. The summed E-state index contributed by atoms with van der Waals surface area (Å²) in [6.07, 6.45) is 7.18. The summed E-state index contributed by atoms with van der Waals surface area (Å²) in [6, 6.07) is 3.91. The number of rotatable bonds is 17. The number of carbonyl (C=O) groups is 3. The molecule has 1 saturated carbocycles. The number of alkyl halides is 1. The average Bonchev–Trinajstić information content (AvgIpc) is 3.44. The van der Waals surface area contributed by atoms with Crippen molar-refractivity contribution < 1.29 is 28.6 Å². The van der Waals surface area contributed by atoms with E-state index in [0.29, 0.717) is 12.4 Å². The Morgan fingerprint density at radius 1 is 1.15 bits per heavy atom. The molecule has 2 heterocycles. The van der Waals surface area contributed by atoms with Gasteiger partial charge in [0.25, 0.3) is 5.91 Å². The van der Waals surface area contributed by atoms with E-state index in [1.54, 1.807) is 32.1 Å². The molecule has 0 radical (unpaired) electrons. The number of hydrogen-bond donors (Lipinski definition) is 4. The monoisotopic (exact) mass is 673 g/mol. The van der Waals surface area contributed by atoms with Crippen molar-refractivity contribution in [1.29, 1.82) is 0 Å². The van der Waals surface area contributed by atoms with E-state index < -0.39 is 47.0 Å². The molecule has 0 spiro atoms. The van der Waals surface area contributed by atoms with Crippen LogP contribution >= 0.6 is 11.3 Å². The maximum absolute atomic E-state index is 14.5. The molecule has 1 aromatic heterocycles. The zero-order valence-electron chi connectivity index (χ0n) is 28.3. The van der Waals surface area contributed by atoms with E-state index >= 15 is 0 Å². The summed E-state index contributed by atoms with van der Waals surface area (Å²) in [5.41, 5.74) is 7.42. The molecule has 1 aromatic carbocycles. The molecule has 0 bridgehead atoms. The first kappa shape index (κ1) is 36.7. The van der Waals surface area contributed by atoms with Crippen molar-refractivity contribution in [3.8, 4) is 16.2 Å². The summed E-state index contributed by atoms with van der Waals surface area (Å²) in [4.78, 5) is 46.6. The second-order valence-electron chi connectivity index (χ2n) is 14.1. The Labute approximate surface area is 282 Å². The van der Waals surface area contributed by atoms with Crippen molar-refractivity contribution in [1.82, 2.24) is 20.5 Å². The Bertz CT molecular complexity index is 1370. The summed E-state index contributed by atoms with van der Waals surface area (Å²) >= 11 is 1.56. The summed E-state index contributed by atoms with van der Waals surface area (Å²) in [5, 5.41) is 16.1. The Morgan fingerprint density at radius 2 is 1.83 bits per heavy atom. The van der Waals surface area contributed by atoms with Crippen LogP contribution < -0.4 is 21.1 Å². The highest BCUT2D eigenvalue weighted by atomic mass is 32.1. The van der Waals surface area contributed by atoms with Gasteiger partial charge < -0.3 is 31.1 Å². The molecule has 1 aliphatic carbocycles. The highest BCUT2D eigenvalue weighted by Gasteiger charge is 2.53. The number of aliphatic hydroxyl groups is 1. The second kappa shape index (κ2) is 16.3. The van der Waals surface area contributed by atoms with Crippen molar-refractivity contribution in [2.75, 3.05) is 19.7 Å². The highest BCUT2D eigenvalue weighted by Crippen LogP contribution is 2.40. The third kappa shape index (κ3) is 9.96. The molecule has 1 aliphatic heterocycles. The van der Waals surface area contributed by atoms with Gasteiger partial charge in [0.2, 0.25) is 11.8 Å². The van der Waals surface area contributed by atoms with Crippen molar-refractivity contribution in [3.05, 3.63) is 35.0 Å². The van der Waals surface area contributed by atoms with Gasteiger partial charge in [-0.25, -0.2) is 9.37 Å². The molecule has 5 N–H and O–H groups in total. The number of unbranched alkanes of at least 4 members (excludes halogenated alkanes) is 6. The van der Waals surface area contributed by atoms with E-state index in [2.05, 4.69) is 15.6 Å². The van der Waals surface area contributed by atoms with Gasteiger partial charge in [-0.05, 0) is 56.2 Å². The minimum Gasteiger partial charge on any atom is -0.493 e. The topological polar surface area (TPSA) is 147 Å². The number of ether oxygens (including phenoxy) is 1. The molecule has 2 fully saturated rings. The first-order valence-corrected chi connectivity index (χ1v) is 17.8. The number of nitrogens with two attached hydrogens (primary N) is 1. The van der Waals surface area contributed by atoms with Crippen LogP contribution in [0.15, 0.2) is 23.7 Å². The van der Waals surface area contributed by atoms with Gasteiger partial charge in [0.1, 0.15) is 17.8 Å². The lowest BCUT2D eigenvalue weighted by Gasteiger charge is -2.35. The average molecular weight is 674 g/mol. The van der Waals surface area contributed by atoms with Crippen molar-refractivity contribution in [2.45, 2.75) is 122 Å². The summed E-state index contributed by atoms with van der Waals surface area (Å²) in [7, 11) is 0. The Hall–Kier alpha value is -3.09. The molecule has 260 valence electrons. The van der Waals surface area contributed by atoms with E-state index in [1.807, 2.05) is 30.6 Å². The Kier molecular flexibility index (Phi) is 12.8. The quantitative estimate of drug-likeness (QED) is 0.177. The van der Waals surface area contributed by atoms with Gasteiger partial charge in [-0.1, -0.05) is 65.0 Å². The van der Waals surface area contributed by atoms with E-state index in [0.717, 1.165) is 53.9 Å². The van der Waals surface area contributed by atoms with Gasteiger partial charge in [0.05, 0.1) is 28.8 Å². The van der Waals surface area contributed by atoms with E-state index in [4.69, 9.17) is 10.5 Å². The number of β-amino-alcohol motifs (C(OH)–C–C–N with tert-alkyl or cyclic N) is 1. The maximum Gasteiger partial charge on any atom is 0.258 e.